The zero-order valence-corrected chi connectivity index (χ0v) is 15.5. The van der Waals surface area contributed by atoms with E-state index in [2.05, 4.69) is 10.6 Å². The van der Waals surface area contributed by atoms with Crippen molar-refractivity contribution < 1.29 is 24.2 Å². The van der Waals surface area contributed by atoms with Gasteiger partial charge in [-0.2, -0.15) is 0 Å². The number of fused-ring (bicyclic) bond motifs is 1. The molecule has 150 valence electrons. The molecule has 0 spiro atoms. The van der Waals surface area contributed by atoms with E-state index in [4.69, 9.17) is 9.84 Å². The number of benzene rings is 1. The van der Waals surface area contributed by atoms with Crippen LogP contribution in [0.2, 0.25) is 0 Å². The summed E-state index contributed by atoms with van der Waals surface area (Å²) in [5.74, 6) is -0.826. The fourth-order valence-corrected chi connectivity index (χ4v) is 3.09. The Morgan fingerprint density at radius 2 is 1.93 bits per heavy atom. The molecule has 0 unspecified atom stereocenters. The molecule has 1 aromatic carbocycles. The summed E-state index contributed by atoms with van der Waals surface area (Å²) in [6.07, 6.45) is 2.25. The molecule has 28 heavy (non-hydrogen) atoms. The van der Waals surface area contributed by atoms with Gasteiger partial charge in [0.25, 0.3) is 0 Å². The molecule has 1 aliphatic rings. The number of carboxylic acids is 1. The maximum absolute atomic E-state index is 12.4. The van der Waals surface area contributed by atoms with Gasteiger partial charge in [-0.15, -0.1) is 0 Å². The number of rotatable bonds is 7. The van der Waals surface area contributed by atoms with Crippen LogP contribution >= 0.6 is 0 Å². The molecular formula is C19H24N4O5. The highest BCUT2D eigenvalue weighted by atomic mass is 16.5. The zero-order valence-electron chi connectivity index (χ0n) is 15.5. The molecule has 3 amide bonds. The molecule has 9 nitrogen and oxygen atoms in total. The van der Waals surface area contributed by atoms with E-state index in [1.807, 2.05) is 29.0 Å². The first-order valence-electron chi connectivity index (χ1n) is 9.24. The molecule has 0 radical (unpaired) electrons. The lowest BCUT2D eigenvalue weighted by Gasteiger charge is -2.27. The largest absolute Gasteiger partial charge is 0.481 e. The second-order valence-electron chi connectivity index (χ2n) is 6.59. The minimum absolute atomic E-state index is 0.0168. The smallest absolute Gasteiger partial charge is 0.319 e. The lowest BCUT2D eigenvalue weighted by atomic mass is 10.2. The number of carboxylic acid groups (broad SMARTS) is 1. The van der Waals surface area contributed by atoms with Gasteiger partial charge in [0.15, 0.2) is 0 Å². The molecule has 2 heterocycles. The van der Waals surface area contributed by atoms with Crippen LogP contribution in [0, 0.1) is 0 Å². The summed E-state index contributed by atoms with van der Waals surface area (Å²) in [5.41, 5.74) is 1.54. The van der Waals surface area contributed by atoms with Gasteiger partial charge in [-0.3, -0.25) is 9.59 Å². The Bertz CT molecular complexity index is 857. The van der Waals surface area contributed by atoms with Crippen LogP contribution in [0.5, 0.6) is 0 Å². The summed E-state index contributed by atoms with van der Waals surface area (Å²) in [6, 6.07) is 6.99. The fourth-order valence-electron chi connectivity index (χ4n) is 3.09. The second kappa shape index (κ2) is 9.23. The Morgan fingerprint density at radius 3 is 2.68 bits per heavy atom. The molecule has 0 bridgehead atoms. The van der Waals surface area contributed by atoms with Gasteiger partial charge in [-0.25, -0.2) is 4.79 Å². The first-order valence-corrected chi connectivity index (χ1v) is 9.24. The van der Waals surface area contributed by atoms with Crippen molar-refractivity contribution in [2.24, 2.45) is 0 Å². The van der Waals surface area contributed by atoms with Crippen molar-refractivity contribution >= 4 is 34.5 Å². The van der Waals surface area contributed by atoms with Gasteiger partial charge in [0, 0.05) is 48.8 Å². The van der Waals surface area contributed by atoms with E-state index in [0.29, 0.717) is 45.0 Å². The van der Waals surface area contributed by atoms with Gasteiger partial charge >= 0.3 is 12.0 Å². The van der Waals surface area contributed by atoms with E-state index in [-0.39, 0.29) is 24.9 Å². The fraction of sp³-hybridized carbons (Fsp3) is 0.421. The van der Waals surface area contributed by atoms with Gasteiger partial charge in [0.05, 0.1) is 13.2 Å². The van der Waals surface area contributed by atoms with Crippen molar-refractivity contribution in [2.75, 3.05) is 38.2 Å². The summed E-state index contributed by atoms with van der Waals surface area (Å²) in [5, 5.41) is 14.9. The van der Waals surface area contributed by atoms with Crippen LogP contribution in [0.1, 0.15) is 12.8 Å². The van der Waals surface area contributed by atoms with Gasteiger partial charge in [0.2, 0.25) is 5.91 Å². The predicted octanol–water partition coefficient (Wildman–Crippen LogP) is 1.49. The Labute approximate surface area is 162 Å². The van der Waals surface area contributed by atoms with Crippen molar-refractivity contribution in [3.63, 3.8) is 0 Å². The predicted molar refractivity (Wildman–Crippen MR) is 103 cm³/mol. The molecule has 3 rings (SSSR count). The molecular weight excluding hydrogens is 364 g/mol. The molecule has 2 aromatic rings. The van der Waals surface area contributed by atoms with E-state index in [9.17, 15) is 14.4 Å². The molecule has 1 aromatic heterocycles. The van der Waals surface area contributed by atoms with E-state index in [0.717, 1.165) is 10.9 Å². The normalized spacial score (nSPS) is 14.1. The molecule has 1 fully saturated rings. The molecule has 1 saturated heterocycles. The first-order chi connectivity index (χ1) is 13.5. The zero-order chi connectivity index (χ0) is 19.9. The van der Waals surface area contributed by atoms with Crippen molar-refractivity contribution in [3.05, 3.63) is 30.5 Å². The maximum Gasteiger partial charge on any atom is 0.319 e. The number of morpholine rings is 1. The standard InChI is InChI=1S/C19H24N4O5/c24-17(22-8-10-28-11-9-22)13-23-7-5-14-12-15(3-4-16(14)23)21-19(27)20-6-1-2-18(25)26/h3-5,7,12H,1-2,6,8-11,13H2,(H,25,26)(H2,20,21,27). The van der Waals surface area contributed by atoms with Crippen LogP contribution < -0.4 is 10.6 Å². The Hall–Kier alpha value is -3.07. The van der Waals surface area contributed by atoms with E-state index < -0.39 is 5.97 Å². The SMILES string of the molecule is O=C(O)CCCNC(=O)Nc1ccc2c(ccn2CC(=O)N2CCOCC2)c1. The second-order valence-corrected chi connectivity index (χ2v) is 6.59. The van der Waals surface area contributed by atoms with E-state index in [1.165, 1.54) is 0 Å². The summed E-state index contributed by atoms with van der Waals surface area (Å²) in [6.45, 7) is 2.94. The van der Waals surface area contributed by atoms with Gasteiger partial charge in [-0.1, -0.05) is 0 Å². The van der Waals surface area contributed by atoms with Crippen LogP contribution in [0.25, 0.3) is 10.9 Å². The molecule has 1 aliphatic heterocycles. The minimum Gasteiger partial charge on any atom is -0.481 e. The molecule has 3 N–H and O–H groups in total. The van der Waals surface area contributed by atoms with Crippen molar-refractivity contribution in [3.8, 4) is 0 Å². The number of nitrogens with one attached hydrogen (secondary N) is 2. The molecule has 9 heteroatoms. The lowest BCUT2D eigenvalue weighted by molar-refractivity contribution is -0.137. The summed E-state index contributed by atoms with van der Waals surface area (Å²) < 4.78 is 7.17. The molecule has 0 atom stereocenters. The summed E-state index contributed by atoms with van der Waals surface area (Å²) in [4.78, 5) is 36.6. The van der Waals surface area contributed by atoms with E-state index >= 15 is 0 Å². The van der Waals surface area contributed by atoms with Crippen LogP contribution in [0.4, 0.5) is 10.5 Å². The Morgan fingerprint density at radius 1 is 1.14 bits per heavy atom. The average molecular weight is 388 g/mol. The quantitative estimate of drug-likeness (QED) is 0.622. The Kier molecular flexibility index (Phi) is 6.49. The highest BCUT2D eigenvalue weighted by molar-refractivity contribution is 5.93. The van der Waals surface area contributed by atoms with Gasteiger partial charge in [-0.05, 0) is 30.7 Å². The van der Waals surface area contributed by atoms with Crippen molar-refractivity contribution in [1.82, 2.24) is 14.8 Å². The van der Waals surface area contributed by atoms with Crippen LogP contribution in [0.15, 0.2) is 30.5 Å². The van der Waals surface area contributed by atoms with Crippen molar-refractivity contribution in [2.45, 2.75) is 19.4 Å². The molecule has 0 aliphatic carbocycles. The summed E-state index contributed by atoms with van der Waals surface area (Å²) in [7, 11) is 0. The van der Waals surface area contributed by atoms with Crippen LogP contribution in [0.3, 0.4) is 0 Å². The number of anilines is 1. The number of carbonyl (C=O) groups excluding carboxylic acids is 2. The van der Waals surface area contributed by atoms with Gasteiger partial charge in [0.1, 0.15) is 6.54 Å². The number of amides is 3. The highest BCUT2D eigenvalue weighted by Crippen LogP contribution is 2.21. The number of aromatic nitrogens is 1. The lowest BCUT2D eigenvalue weighted by Crippen LogP contribution is -2.42. The average Bonchev–Trinajstić information content (AvgIpc) is 3.08. The topological polar surface area (TPSA) is 113 Å². The van der Waals surface area contributed by atoms with Crippen molar-refractivity contribution in [1.29, 1.82) is 0 Å². The van der Waals surface area contributed by atoms with Gasteiger partial charge < -0.3 is 29.9 Å². The third-order valence-corrected chi connectivity index (χ3v) is 4.55. The number of aliphatic carboxylic acids is 1. The highest BCUT2D eigenvalue weighted by Gasteiger charge is 2.17. The number of urea groups is 1. The third kappa shape index (κ3) is 5.23. The third-order valence-electron chi connectivity index (χ3n) is 4.55. The number of nitrogens with zero attached hydrogens (tertiary/aromatic N) is 2. The molecule has 0 saturated carbocycles. The van der Waals surface area contributed by atoms with Crippen LogP contribution in [-0.4, -0.2) is 65.3 Å². The Balaban J connectivity index is 1.56. The minimum atomic E-state index is -0.885. The van der Waals surface area contributed by atoms with Crippen LogP contribution in [-0.2, 0) is 20.9 Å². The number of hydrogen-bond acceptors (Lipinski definition) is 4. The number of ether oxygens (including phenoxy) is 1. The maximum atomic E-state index is 12.4. The number of carbonyl (C=O) groups is 3. The first kappa shape index (κ1) is 19.7. The van der Waals surface area contributed by atoms with E-state index in [1.54, 1.807) is 11.0 Å². The number of hydrogen-bond donors (Lipinski definition) is 3. The summed E-state index contributed by atoms with van der Waals surface area (Å²) >= 11 is 0. The monoisotopic (exact) mass is 388 g/mol.